The topological polar surface area (TPSA) is 160 Å². The van der Waals surface area contributed by atoms with Crippen LogP contribution in [0.3, 0.4) is 0 Å². The van der Waals surface area contributed by atoms with Gasteiger partial charge >= 0.3 is 6.09 Å². The molecule has 0 aromatic carbocycles. The Morgan fingerprint density at radius 3 is 2.02 bits per heavy atom. The largest absolute Gasteiger partial charge is 0.444 e. The molecule has 0 radical (unpaired) electrons. The van der Waals surface area contributed by atoms with E-state index < -0.39 is 23.6 Å². The molecule has 5 rings (SSSR count). The molecule has 59 heavy (non-hydrogen) atoms. The van der Waals surface area contributed by atoms with Gasteiger partial charge in [-0.15, -0.1) is 0 Å². The van der Waals surface area contributed by atoms with Crippen LogP contribution in [0.4, 0.5) is 4.79 Å². The molecule has 0 aromatic heterocycles. The zero-order valence-corrected chi connectivity index (χ0v) is 38.7. The number of alkyl carbamates (subject to hydrolysis) is 1. The summed E-state index contributed by atoms with van der Waals surface area (Å²) in [7, 11) is 0. The van der Waals surface area contributed by atoms with E-state index in [1.165, 1.54) is 31.3 Å². The van der Waals surface area contributed by atoms with Gasteiger partial charge in [0.15, 0.2) is 0 Å². The highest BCUT2D eigenvalue weighted by Crippen LogP contribution is 2.77. The Morgan fingerprint density at radius 1 is 0.780 bits per heavy atom. The summed E-state index contributed by atoms with van der Waals surface area (Å²) in [5.41, 5.74) is 6.18. The van der Waals surface area contributed by atoms with Gasteiger partial charge in [0, 0.05) is 19.5 Å². The number of hydrogen-bond acceptors (Lipinski definition) is 6. The summed E-state index contributed by atoms with van der Waals surface area (Å²) in [4.78, 5) is 50.9. The van der Waals surface area contributed by atoms with E-state index in [0.717, 1.165) is 90.0 Å². The van der Waals surface area contributed by atoms with E-state index >= 15 is 0 Å². The molecule has 0 aliphatic heterocycles. The molecule has 5 fully saturated rings. The molecule has 0 heterocycles. The third-order valence-electron chi connectivity index (χ3n) is 17.6. The standard InChI is InChI=1S/C49H84N4O6/c1-32(2)33-22-27-49(29-28-47(9)34(40(33)49)18-20-37-46(8)25-24-38(54)45(6,7)36(46)23-26-48(37,47)10)42(57)52-31-17-15-13-11-12-14-16-30-51-41(56)35(19-21-39(50)55)53-43(58)59-44(3,4)5/h33-38,40,54H,1,11-31H2,2-10H3,(H2,50,55)(H,51,56)(H,52,57)(H,53,58)/t33-,34+,35-,36-,37+,38-,40+,46-,47+,48+,49-/m0/s1. The van der Waals surface area contributed by atoms with Crippen molar-refractivity contribution in [2.24, 2.45) is 62.4 Å². The van der Waals surface area contributed by atoms with Crippen LogP contribution in [-0.4, -0.2) is 59.8 Å². The van der Waals surface area contributed by atoms with Gasteiger partial charge in [-0.25, -0.2) is 4.79 Å². The maximum absolute atomic E-state index is 14.5. The van der Waals surface area contributed by atoms with Gasteiger partial charge in [0.1, 0.15) is 11.6 Å². The van der Waals surface area contributed by atoms with Crippen LogP contribution in [0.2, 0.25) is 0 Å². The minimum atomic E-state index is -0.888. The molecule has 5 aliphatic rings. The van der Waals surface area contributed by atoms with Gasteiger partial charge in [0.05, 0.1) is 11.5 Å². The number of rotatable bonds is 17. The second-order valence-electron chi connectivity index (χ2n) is 22.4. The molecule has 4 amide bonds. The molecule has 11 atom stereocenters. The van der Waals surface area contributed by atoms with Crippen molar-refractivity contribution in [3.05, 3.63) is 12.2 Å². The number of nitrogens with one attached hydrogen (secondary N) is 3. The van der Waals surface area contributed by atoms with Crippen LogP contribution in [0.15, 0.2) is 12.2 Å². The number of ether oxygens (including phenoxy) is 1. The third-order valence-corrected chi connectivity index (χ3v) is 17.6. The SMILES string of the molecule is C=C(C)[C@@H]1CC[C@]2(C(=O)NCCCCCCCCCNC(=O)[C@H](CCC(N)=O)NC(=O)OC(C)(C)C)CC[C@]3(C)[C@H](CC[C@@H]4[C@@]5(C)CC[C@H](O)C(C)(C)[C@@H]5CC[C@]43C)[C@@H]12. The Hall–Kier alpha value is -2.62. The quantitative estimate of drug-likeness (QED) is 0.0727. The van der Waals surface area contributed by atoms with Crippen molar-refractivity contribution >= 4 is 23.8 Å². The molecule has 5 saturated carbocycles. The Morgan fingerprint density at radius 2 is 1.41 bits per heavy atom. The Labute approximate surface area is 357 Å². The summed E-state index contributed by atoms with van der Waals surface area (Å²) in [6.07, 6.45) is 17.5. The first kappa shape index (κ1) is 47.4. The van der Waals surface area contributed by atoms with Gasteiger partial charge in [-0.1, -0.05) is 78.9 Å². The first-order chi connectivity index (χ1) is 27.5. The minimum Gasteiger partial charge on any atom is -0.444 e. The lowest BCUT2D eigenvalue weighted by molar-refractivity contribution is -0.246. The van der Waals surface area contributed by atoms with Crippen LogP contribution in [-0.2, 0) is 19.1 Å². The fourth-order valence-electron chi connectivity index (χ4n) is 14.4. The highest BCUT2D eigenvalue weighted by Gasteiger charge is 2.71. The number of unbranched alkanes of at least 4 members (excludes halogenated alkanes) is 6. The van der Waals surface area contributed by atoms with Gasteiger partial charge in [0.25, 0.3) is 0 Å². The molecular weight excluding hydrogens is 741 g/mol. The average Bonchev–Trinajstić information content (AvgIpc) is 3.55. The molecule has 0 unspecified atom stereocenters. The van der Waals surface area contributed by atoms with E-state index in [9.17, 15) is 24.3 Å². The van der Waals surface area contributed by atoms with E-state index in [4.69, 9.17) is 10.5 Å². The second-order valence-corrected chi connectivity index (χ2v) is 22.4. The number of hydrogen-bond donors (Lipinski definition) is 5. The van der Waals surface area contributed by atoms with Crippen LogP contribution < -0.4 is 21.7 Å². The molecule has 336 valence electrons. The number of nitrogens with two attached hydrogens (primary N) is 1. The summed E-state index contributed by atoms with van der Waals surface area (Å²) in [6, 6.07) is -0.888. The van der Waals surface area contributed by atoms with Crippen LogP contribution in [0.5, 0.6) is 0 Å². The Kier molecular flexibility index (Phi) is 14.8. The molecule has 0 spiro atoms. The molecule has 10 heteroatoms. The second kappa shape index (κ2) is 18.4. The van der Waals surface area contributed by atoms with E-state index in [0.29, 0.717) is 42.0 Å². The molecule has 0 bridgehead atoms. The van der Waals surface area contributed by atoms with E-state index in [2.05, 4.69) is 64.1 Å². The number of aliphatic hydroxyl groups is 1. The minimum absolute atomic E-state index is 0.0128. The maximum atomic E-state index is 14.5. The zero-order chi connectivity index (χ0) is 43.6. The average molecular weight is 825 g/mol. The van der Waals surface area contributed by atoms with Gasteiger partial charge in [-0.05, 0) is 162 Å². The van der Waals surface area contributed by atoms with Crippen molar-refractivity contribution in [3.8, 4) is 0 Å². The van der Waals surface area contributed by atoms with Crippen LogP contribution in [0.1, 0.15) is 184 Å². The van der Waals surface area contributed by atoms with Crippen molar-refractivity contribution in [2.45, 2.75) is 202 Å². The van der Waals surface area contributed by atoms with Crippen molar-refractivity contribution in [1.29, 1.82) is 0 Å². The predicted octanol–water partition coefficient (Wildman–Crippen LogP) is 9.13. The number of aliphatic hydroxyl groups excluding tert-OH is 1. The summed E-state index contributed by atoms with van der Waals surface area (Å²) < 4.78 is 5.28. The molecule has 0 saturated heterocycles. The summed E-state index contributed by atoms with van der Waals surface area (Å²) in [6.45, 7) is 25.8. The predicted molar refractivity (Wildman–Crippen MR) is 235 cm³/mol. The Bertz CT molecular complexity index is 1540. The van der Waals surface area contributed by atoms with Gasteiger partial charge in [-0.3, -0.25) is 14.4 Å². The van der Waals surface area contributed by atoms with E-state index in [-0.39, 0.29) is 51.9 Å². The summed E-state index contributed by atoms with van der Waals surface area (Å²) >= 11 is 0. The highest BCUT2D eigenvalue weighted by atomic mass is 16.6. The molecule has 6 N–H and O–H groups in total. The lowest BCUT2D eigenvalue weighted by atomic mass is 9.32. The number of amides is 4. The van der Waals surface area contributed by atoms with Gasteiger partial charge in [0.2, 0.25) is 17.7 Å². The smallest absolute Gasteiger partial charge is 0.408 e. The third kappa shape index (κ3) is 9.57. The first-order valence-electron chi connectivity index (χ1n) is 23.7. The molecule has 5 aliphatic carbocycles. The van der Waals surface area contributed by atoms with Crippen molar-refractivity contribution in [2.75, 3.05) is 13.1 Å². The van der Waals surface area contributed by atoms with Crippen molar-refractivity contribution in [1.82, 2.24) is 16.0 Å². The molecule has 10 nitrogen and oxygen atoms in total. The summed E-state index contributed by atoms with van der Waals surface area (Å²) in [5.74, 6) is 1.94. The van der Waals surface area contributed by atoms with E-state index in [1.807, 2.05) is 0 Å². The number of primary amides is 1. The van der Waals surface area contributed by atoms with Crippen LogP contribution in [0.25, 0.3) is 0 Å². The van der Waals surface area contributed by atoms with E-state index in [1.54, 1.807) is 20.8 Å². The number of allylic oxidation sites excluding steroid dienone is 1. The molecule has 0 aromatic rings. The van der Waals surface area contributed by atoms with Gasteiger partial charge in [-0.2, -0.15) is 0 Å². The zero-order valence-electron chi connectivity index (χ0n) is 38.7. The monoisotopic (exact) mass is 825 g/mol. The Balaban J connectivity index is 1.07. The van der Waals surface area contributed by atoms with Crippen LogP contribution in [0, 0.1) is 56.7 Å². The summed E-state index contributed by atoms with van der Waals surface area (Å²) in [5, 5.41) is 20.1. The highest BCUT2D eigenvalue weighted by molar-refractivity contribution is 5.86. The molecular formula is C49H84N4O6. The lowest BCUT2D eigenvalue weighted by Crippen LogP contribution is -2.67. The fraction of sp³-hybridized carbons (Fsp3) is 0.878. The fourth-order valence-corrected chi connectivity index (χ4v) is 14.4. The normalized spacial score (nSPS) is 36.4. The first-order valence-corrected chi connectivity index (χ1v) is 23.7. The lowest BCUT2D eigenvalue weighted by Gasteiger charge is -2.72. The van der Waals surface area contributed by atoms with Gasteiger partial charge < -0.3 is 31.5 Å². The number of fused-ring (bicyclic) bond motifs is 7. The van der Waals surface area contributed by atoms with Crippen molar-refractivity contribution in [3.63, 3.8) is 0 Å². The van der Waals surface area contributed by atoms with Crippen molar-refractivity contribution < 1.29 is 29.0 Å². The number of carbonyl (C=O) groups excluding carboxylic acids is 4. The van der Waals surface area contributed by atoms with Crippen LogP contribution >= 0.6 is 0 Å². The maximum Gasteiger partial charge on any atom is 0.408 e. The number of carbonyl (C=O) groups is 4.